The number of nitrogens with one attached hydrogen (secondary N) is 2. The molecule has 1 saturated heterocycles. The molecule has 0 unspecified atom stereocenters. The smallest absolute Gasteiger partial charge is 0.271 e. The lowest BCUT2D eigenvalue weighted by atomic mass is 10.1. The molecule has 1 aliphatic heterocycles. The molecule has 2 aromatic rings. The SMILES string of the molecule is Cl.O=C(NC[C@@H]1CCN1)c1c(Cl)nc2sccn12. The second-order valence-corrected chi connectivity index (χ2v) is 5.19. The molecule has 18 heavy (non-hydrogen) atoms. The van der Waals surface area contributed by atoms with Crippen LogP contribution in [0.4, 0.5) is 0 Å². The maximum absolute atomic E-state index is 12.0. The Balaban J connectivity index is 0.00000120. The second-order valence-electron chi connectivity index (χ2n) is 3.96. The molecule has 8 heteroatoms. The summed E-state index contributed by atoms with van der Waals surface area (Å²) in [6, 6.07) is 0.392. The Morgan fingerprint density at radius 1 is 1.72 bits per heavy atom. The van der Waals surface area contributed by atoms with Crippen molar-refractivity contribution in [2.75, 3.05) is 13.1 Å². The molecular formula is C10H12Cl2N4OS. The number of carbonyl (C=O) groups is 1. The van der Waals surface area contributed by atoms with E-state index in [2.05, 4.69) is 15.6 Å². The molecular weight excluding hydrogens is 295 g/mol. The van der Waals surface area contributed by atoms with Gasteiger partial charge in [0.25, 0.3) is 5.91 Å². The van der Waals surface area contributed by atoms with Gasteiger partial charge in [-0.15, -0.1) is 23.7 Å². The Bertz CT molecular complexity index is 563. The summed E-state index contributed by atoms with van der Waals surface area (Å²) in [5, 5.41) is 8.23. The fourth-order valence-electron chi connectivity index (χ4n) is 1.78. The summed E-state index contributed by atoms with van der Waals surface area (Å²) in [7, 11) is 0. The van der Waals surface area contributed by atoms with Crippen LogP contribution in [0, 0.1) is 0 Å². The van der Waals surface area contributed by atoms with Gasteiger partial charge in [-0.25, -0.2) is 4.98 Å². The van der Waals surface area contributed by atoms with E-state index in [0.717, 1.165) is 17.9 Å². The molecule has 2 aromatic heterocycles. The van der Waals surface area contributed by atoms with Crippen molar-refractivity contribution in [1.82, 2.24) is 20.0 Å². The van der Waals surface area contributed by atoms with Gasteiger partial charge in [0, 0.05) is 24.2 Å². The van der Waals surface area contributed by atoms with Gasteiger partial charge in [0.2, 0.25) is 0 Å². The standard InChI is InChI=1S/C10H11ClN4OS.ClH/c11-8-7(15-3-4-17-10(15)14-8)9(16)13-5-6-1-2-12-6;/h3-4,6,12H,1-2,5H2,(H,13,16);1H/t6-;/m0./s1. The predicted molar refractivity (Wildman–Crippen MR) is 74.1 cm³/mol. The Morgan fingerprint density at radius 2 is 2.50 bits per heavy atom. The first-order valence-electron chi connectivity index (χ1n) is 5.38. The number of amides is 1. The van der Waals surface area contributed by atoms with Crippen molar-refractivity contribution < 1.29 is 4.79 Å². The van der Waals surface area contributed by atoms with Gasteiger partial charge in [0.15, 0.2) is 15.8 Å². The second kappa shape index (κ2) is 5.44. The summed E-state index contributed by atoms with van der Waals surface area (Å²) in [5.41, 5.74) is 0.419. The number of nitrogens with zero attached hydrogens (tertiary/aromatic N) is 2. The maximum Gasteiger partial charge on any atom is 0.271 e. The Morgan fingerprint density at radius 3 is 3.17 bits per heavy atom. The fourth-order valence-corrected chi connectivity index (χ4v) is 2.81. The van der Waals surface area contributed by atoms with Gasteiger partial charge in [-0.3, -0.25) is 9.20 Å². The van der Waals surface area contributed by atoms with E-state index in [4.69, 9.17) is 11.6 Å². The topological polar surface area (TPSA) is 58.4 Å². The fraction of sp³-hybridized carbons (Fsp3) is 0.400. The molecule has 0 radical (unpaired) electrons. The number of thiazole rings is 1. The molecule has 0 saturated carbocycles. The lowest BCUT2D eigenvalue weighted by molar-refractivity contribution is 0.0939. The van der Waals surface area contributed by atoms with Crippen molar-refractivity contribution >= 4 is 46.2 Å². The molecule has 1 atom stereocenters. The summed E-state index contributed by atoms with van der Waals surface area (Å²) in [6.07, 6.45) is 2.91. The van der Waals surface area contributed by atoms with Crippen molar-refractivity contribution in [3.8, 4) is 0 Å². The number of aromatic nitrogens is 2. The van der Waals surface area contributed by atoms with Crippen LogP contribution in [0.3, 0.4) is 0 Å². The number of hydrogen-bond donors (Lipinski definition) is 2. The van der Waals surface area contributed by atoms with E-state index in [1.807, 2.05) is 5.38 Å². The van der Waals surface area contributed by atoms with Crippen molar-refractivity contribution in [3.63, 3.8) is 0 Å². The minimum absolute atomic E-state index is 0. The van der Waals surface area contributed by atoms with Gasteiger partial charge in [-0.05, 0) is 13.0 Å². The summed E-state index contributed by atoms with van der Waals surface area (Å²) in [4.78, 5) is 16.9. The average Bonchev–Trinajstić information content (AvgIpc) is 2.74. The lowest BCUT2D eigenvalue weighted by Crippen LogP contribution is -2.50. The zero-order valence-corrected chi connectivity index (χ0v) is 11.7. The normalized spacial score (nSPS) is 18.2. The van der Waals surface area contributed by atoms with Crippen LogP contribution in [0.1, 0.15) is 16.9 Å². The molecule has 3 heterocycles. The molecule has 1 amide bonds. The molecule has 0 spiro atoms. The number of rotatable bonds is 3. The van der Waals surface area contributed by atoms with Crippen molar-refractivity contribution in [1.29, 1.82) is 0 Å². The quantitative estimate of drug-likeness (QED) is 0.905. The highest BCUT2D eigenvalue weighted by molar-refractivity contribution is 7.15. The average molecular weight is 307 g/mol. The monoisotopic (exact) mass is 306 g/mol. The van der Waals surface area contributed by atoms with Crippen molar-refractivity contribution in [2.24, 2.45) is 0 Å². The van der Waals surface area contributed by atoms with E-state index in [1.54, 1.807) is 10.6 Å². The zero-order valence-electron chi connectivity index (χ0n) is 9.35. The highest BCUT2D eigenvalue weighted by Gasteiger charge is 2.21. The van der Waals surface area contributed by atoms with E-state index < -0.39 is 0 Å². The Kier molecular flexibility index (Phi) is 4.11. The summed E-state index contributed by atoms with van der Waals surface area (Å²) >= 11 is 7.42. The third kappa shape index (κ3) is 2.33. The molecule has 0 bridgehead atoms. The van der Waals surface area contributed by atoms with Crippen molar-refractivity contribution in [3.05, 3.63) is 22.4 Å². The lowest BCUT2D eigenvalue weighted by Gasteiger charge is -2.27. The van der Waals surface area contributed by atoms with Crippen LogP contribution in [0.25, 0.3) is 4.96 Å². The summed E-state index contributed by atoms with van der Waals surface area (Å²) in [6.45, 7) is 1.66. The number of fused-ring (bicyclic) bond motifs is 1. The van der Waals surface area contributed by atoms with Crippen LogP contribution in [0.2, 0.25) is 5.15 Å². The van der Waals surface area contributed by atoms with E-state index >= 15 is 0 Å². The minimum atomic E-state index is -0.172. The van der Waals surface area contributed by atoms with Crippen molar-refractivity contribution in [2.45, 2.75) is 12.5 Å². The van der Waals surface area contributed by atoms with Crippen LogP contribution in [0.5, 0.6) is 0 Å². The van der Waals surface area contributed by atoms with Gasteiger partial charge < -0.3 is 10.6 Å². The first-order chi connectivity index (χ1) is 8.25. The first kappa shape index (κ1) is 13.6. The van der Waals surface area contributed by atoms with E-state index in [1.165, 1.54) is 11.3 Å². The highest BCUT2D eigenvalue weighted by atomic mass is 35.5. The zero-order chi connectivity index (χ0) is 11.8. The van der Waals surface area contributed by atoms with E-state index in [9.17, 15) is 4.79 Å². The van der Waals surface area contributed by atoms with Crippen LogP contribution < -0.4 is 10.6 Å². The van der Waals surface area contributed by atoms with E-state index in [0.29, 0.717) is 18.3 Å². The summed E-state index contributed by atoms with van der Waals surface area (Å²) in [5.74, 6) is -0.172. The van der Waals surface area contributed by atoms with Crippen LogP contribution in [-0.4, -0.2) is 34.4 Å². The van der Waals surface area contributed by atoms with Gasteiger partial charge in [-0.1, -0.05) is 11.6 Å². The predicted octanol–water partition coefficient (Wildman–Crippen LogP) is 1.56. The third-order valence-electron chi connectivity index (χ3n) is 2.87. The number of imidazole rings is 1. The van der Waals surface area contributed by atoms with Gasteiger partial charge in [0.05, 0.1) is 0 Å². The largest absolute Gasteiger partial charge is 0.349 e. The molecule has 2 N–H and O–H groups in total. The Labute approximate surface area is 119 Å². The summed E-state index contributed by atoms with van der Waals surface area (Å²) < 4.78 is 1.72. The Hall–Kier alpha value is -0.820. The van der Waals surface area contributed by atoms with E-state index in [-0.39, 0.29) is 23.5 Å². The molecule has 0 aromatic carbocycles. The van der Waals surface area contributed by atoms with Gasteiger partial charge in [0.1, 0.15) is 0 Å². The first-order valence-corrected chi connectivity index (χ1v) is 6.64. The molecule has 5 nitrogen and oxygen atoms in total. The van der Waals surface area contributed by atoms with Crippen LogP contribution in [-0.2, 0) is 0 Å². The van der Waals surface area contributed by atoms with Gasteiger partial charge >= 0.3 is 0 Å². The van der Waals surface area contributed by atoms with Gasteiger partial charge in [-0.2, -0.15) is 0 Å². The van der Waals surface area contributed by atoms with Crippen LogP contribution in [0.15, 0.2) is 11.6 Å². The molecule has 98 valence electrons. The molecule has 1 fully saturated rings. The molecule has 0 aliphatic carbocycles. The maximum atomic E-state index is 12.0. The third-order valence-corrected chi connectivity index (χ3v) is 3.89. The number of carbonyl (C=O) groups excluding carboxylic acids is 1. The van der Waals surface area contributed by atoms with Crippen LogP contribution >= 0.6 is 35.3 Å². The number of halogens is 2. The number of hydrogen-bond acceptors (Lipinski definition) is 4. The highest BCUT2D eigenvalue weighted by Crippen LogP contribution is 2.21. The molecule has 1 aliphatic rings. The molecule has 3 rings (SSSR count). The minimum Gasteiger partial charge on any atom is -0.349 e.